The van der Waals surface area contributed by atoms with Crippen LogP contribution >= 0.6 is 15.9 Å². The summed E-state index contributed by atoms with van der Waals surface area (Å²) in [4.78, 5) is 14.1. The van der Waals surface area contributed by atoms with Gasteiger partial charge < -0.3 is 10.0 Å². The van der Waals surface area contributed by atoms with E-state index in [1.54, 1.807) is 6.92 Å². The lowest BCUT2D eigenvalue weighted by molar-refractivity contribution is 0.101. The molecule has 1 saturated carbocycles. The van der Waals surface area contributed by atoms with E-state index in [1.807, 2.05) is 18.2 Å². The molecule has 0 saturated heterocycles. The van der Waals surface area contributed by atoms with Crippen LogP contribution in [-0.2, 0) is 0 Å². The Morgan fingerprint density at radius 3 is 2.74 bits per heavy atom. The van der Waals surface area contributed by atoms with E-state index in [9.17, 15) is 4.79 Å². The van der Waals surface area contributed by atoms with Gasteiger partial charge in [0, 0.05) is 34.9 Å². The normalized spacial score (nSPS) is 15.1. The molecule has 0 heterocycles. The van der Waals surface area contributed by atoms with E-state index < -0.39 is 0 Å². The van der Waals surface area contributed by atoms with Gasteiger partial charge in [-0.1, -0.05) is 15.9 Å². The maximum absolute atomic E-state index is 11.8. The van der Waals surface area contributed by atoms with Crippen molar-refractivity contribution in [3.05, 3.63) is 28.2 Å². The van der Waals surface area contributed by atoms with E-state index in [4.69, 9.17) is 5.11 Å². The Bertz CT molecular complexity index is 457. The summed E-state index contributed by atoms with van der Waals surface area (Å²) in [5, 5.41) is 9.06. The van der Waals surface area contributed by atoms with E-state index in [-0.39, 0.29) is 12.4 Å². The fourth-order valence-electron chi connectivity index (χ4n) is 2.48. The number of anilines is 1. The first kappa shape index (κ1) is 14.5. The molecule has 1 aromatic carbocycles. The molecule has 1 aliphatic rings. The number of rotatable bonds is 6. The number of carbonyl (C=O) groups excluding carboxylic acids is 1. The third-order valence-corrected chi connectivity index (χ3v) is 4.21. The largest absolute Gasteiger partial charge is 0.396 e. The first-order chi connectivity index (χ1) is 9.13. The lowest BCUT2D eigenvalue weighted by Gasteiger charge is -2.40. The standard InChI is InChI=1S/C15H20BrNO2/c1-11(19)14-7-6-12(16)10-15(14)17(8-3-9-18)13-4-2-5-13/h6-7,10,13,18H,2-5,8-9H2,1H3. The highest BCUT2D eigenvalue weighted by atomic mass is 79.9. The molecule has 104 valence electrons. The molecule has 3 nitrogen and oxygen atoms in total. The van der Waals surface area contributed by atoms with Gasteiger partial charge in [-0.3, -0.25) is 4.79 Å². The zero-order valence-corrected chi connectivity index (χ0v) is 12.8. The van der Waals surface area contributed by atoms with Gasteiger partial charge in [0.25, 0.3) is 0 Å². The van der Waals surface area contributed by atoms with Crippen molar-refractivity contribution in [1.29, 1.82) is 0 Å². The molecule has 4 heteroatoms. The lowest BCUT2D eigenvalue weighted by atomic mass is 9.90. The molecule has 1 fully saturated rings. The number of aliphatic hydroxyl groups excluding tert-OH is 1. The number of hydrogen-bond acceptors (Lipinski definition) is 3. The predicted molar refractivity (Wildman–Crippen MR) is 80.8 cm³/mol. The fraction of sp³-hybridized carbons (Fsp3) is 0.533. The number of benzene rings is 1. The van der Waals surface area contributed by atoms with Crippen molar-refractivity contribution in [2.45, 2.75) is 38.6 Å². The molecule has 0 radical (unpaired) electrons. The molecule has 0 amide bonds. The van der Waals surface area contributed by atoms with Gasteiger partial charge in [0.05, 0.1) is 0 Å². The van der Waals surface area contributed by atoms with Gasteiger partial charge in [-0.25, -0.2) is 0 Å². The van der Waals surface area contributed by atoms with Crippen LogP contribution in [0.25, 0.3) is 0 Å². The van der Waals surface area contributed by atoms with Crippen LogP contribution in [0.1, 0.15) is 43.0 Å². The van der Waals surface area contributed by atoms with Gasteiger partial charge in [0.1, 0.15) is 0 Å². The second-order valence-corrected chi connectivity index (χ2v) is 5.99. The summed E-state index contributed by atoms with van der Waals surface area (Å²) in [6.07, 6.45) is 4.34. The monoisotopic (exact) mass is 325 g/mol. The highest BCUT2D eigenvalue weighted by molar-refractivity contribution is 9.10. The van der Waals surface area contributed by atoms with Gasteiger partial charge >= 0.3 is 0 Å². The first-order valence-electron chi connectivity index (χ1n) is 6.81. The molecule has 19 heavy (non-hydrogen) atoms. The Kier molecular flexibility index (Phi) is 4.99. The maximum atomic E-state index is 11.8. The predicted octanol–water partition coefficient (Wildman–Crippen LogP) is 3.39. The van der Waals surface area contributed by atoms with Gasteiger partial charge in [0.15, 0.2) is 5.78 Å². The van der Waals surface area contributed by atoms with Crippen LogP contribution in [0.4, 0.5) is 5.69 Å². The van der Waals surface area contributed by atoms with E-state index in [0.29, 0.717) is 6.04 Å². The van der Waals surface area contributed by atoms with Crippen LogP contribution in [-0.4, -0.2) is 30.1 Å². The van der Waals surface area contributed by atoms with Crippen LogP contribution in [0.15, 0.2) is 22.7 Å². The molecule has 0 spiro atoms. The Hall–Kier alpha value is -0.870. The van der Waals surface area contributed by atoms with E-state index in [2.05, 4.69) is 20.8 Å². The van der Waals surface area contributed by atoms with Crippen molar-refractivity contribution >= 4 is 27.4 Å². The number of aliphatic hydroxyl groups is 1. The molecule has 2 rings (SSSR count). The number of ketones is 1. The highest BCUT2D eigenvalue weighted by Crippen LogP contribution is 2.33. The Morgan fingerprint density at radius 1 is 1.47 bits per heavy atom. The number of Topliss-reactive ketones (excluding diaryl/α,β-unsaturated/α-hetero) is 1. The van der Waals surface area contributed by atoms with Gasteiger partial charge in [-0.2, -0.15) is 0 Å². The number of nitrogens with zero attached hydrogens (tertiary/aromatic N) is 1. The molecule has 0 aromatic heterocycles. The quantitative estimate of drug-likeness (QED) is 0.815. The second kappa shape index (κ2) is 6.53. The SMILES string of the molecule is CC(=O)c1ccc(Br)cc1N(CCCO)C1CCC1. The zero-order chi connectivity index (χ0) is 13.8. The Morgan fingerprint density at radius 2 is 2.21 bits per heavy atom. The summed E-state index contributed by atoms with van der Waals surface area (Å²) in [7, 11) is 0. The van der Waals surface area contributed by atoms with Crippen molar-refractivity contribution in [3.8, 4) is 0 Å². The zero-order valence-electron chi connectivity index (χ0n) is 11.2. The lowest BCUT2D eigenvalue weighted by Crippen LogP contribution is -2.41. The van der Waals surface area contributed by atoms with Crippen LogP contribution in [0.3, 0.4) is 0 Å². The molecule has 0 bridgehead atoms. The minimum absolute atomic E-state index is 0.0934. The van der Waals surface area contributed by atoms with Crippen LogP contribution in [0, 0.1) is 0 Å². The van der Waals surface area contributed by atoms with Crippen molar-refractivity contribution in [3.63, 3.8) is 0 Å². The average molecular weight is 326 g/mol. The summed E-state index contributed by atoms with van der Waals surface area (Å²) in [5.74, 6) is 0.0934. The van der Waals surface area contributed by atoms with Crippen LogP contribution < -0.4 is 4.90 Å². The second-order valence-electron chi connectivity index (χ2n) is 5.07. The van der Waals surface area contributed by atoms with Gasteiger partial charge in [-0.05, 0) is 50.8 Å². The third kappa shape index (κ3) is 3.37. The van der Waals surface area contributed by atoms with E-state index in [1.165, 1.54) is 19.3 Å². The molecule has 0 aliphatic heterocycles. The summed E-state index contributed by atoms with van der Waals surface area (Å²) in [6.45, 7) is 2.60. The molecular formula is C15H20BrNO2. The van der Waals surface area contributed by atoms with Crippen LogP contribution in [0.2, 0.25) is 0 Å². The molecule has 0 unspecified atom stereocenters. The number of carbonyl (C=O) groups is 1. The molecule has 1 aliphatic carbocycles. The first-order valence-corrected chi connectivity index (χ1v) is 7.60. The molecule has 1 aromatic rings. The smallest absolute Gasteiger partial charge is 0.161 e. The van der Waals surface area contributed by atoms with Gasteiger partial charge in [-0.15, -0.1) is 0 Å². The van der Waals surface area contributed by atoms with Crippen LogP contribution in [0.5, 0.6) is 0 Å². The minimum atomic E-state index is 0.0934. The number of halogens is 1. The highest BCUT2D eigenvalue weighted by Gasteiger charge is 2.27. The molecule has 1 N–H and O–H groups in total. The summed E-state index contributed by atoms with van der Waals surface area (Å²) in [5.41, 5.74) is 1.77. The fourth-order valence-corrected chi connectivity index (χ4v) is 2.83. The summed E-state index contributed by atoms with van der Waals surface area (Å²) in [6, 6.07) is 6.32. The summed E-state index contributed by atoms with van der Waals surface area (Å²) >= 11 is 3.48. The van der Waals surface area contributed by atoms with Crippen molar-refractivity contribution < 1.29 is 9.90 Å². The topological polar surface area (TPSA) is 40.5 Å². The molecule has 0 atom stereocenters. The van der Waals surface area contributed by atoms with Crippen molar-refractivity contribution in [2.24, 2.45) is 0 Å². The molecular weight excluding hydrogens is 306 g/mol. The van der Waals surface area contributed by atoms with E-state index >= 15 is 0 Å². The maximum Gasteiger partial charge on any atom is 0.161 e. The Balaban J connectivity index is 2.33. The van der Waals surface area contributed by atoms with Crippen molar-refractivity contribution in [2.75, 3.05) is 18.1 Å². The van der Waals surface area contributed by atoms with Gasteiger partial charge in [0.2, 0.25) is 0 Å². The van der Waals surface area contributed by atoms with E-state index in [0.717, 1.165) is 28.7 Å². The number of hydrogen-bond donors (Lipinski definition) is 1. The minimum Gasteiger partial charge on any atom is -0.396 e. The summed E-state index contributed by atoms with van der Waals surface area (Å²) < 4.78 is 0.987. The average Bonchev–Trinajstić information content (AvgIpc) is 2.31. The van der Waals surface area contributed by atoms with Crippen molar-refractivity contribution in [1.82, 2.24) is 0 Å². The third-order valence-electron chi connectivity index (χ3n) is 3.72. The Labute approximate surface area is 122 Å².